The lowest BCUT2D eigenvalue weighted by atomic mass is 10.3. The Morgan fingerprint density at radius 3 is 2.89 bits per heavy atom. The summed E-state index contributed by atoms with van der Waals surface area (Å²) in [5, 5.41) is 7.34. The summed E-state index contributed by atoms with van der Waals surface area (Å²) in [7, 11) is 0. The van der Waals surface area contributed by atoms with Crippen LogP contribution >= 0.6 is 11.8 Å². The number of rotatable bonds is 6. The highest BCUT2D eigenvalue weighted by Crippen LogP contribution is 2.35. The maximum atomic E-state index is 11.6. The molecule has 1 aromatic heterocycles. The van der Waals surface area contributed by atoms with E-state index in [-0.39, 0.29) is 5.69 Å². The molecule has 6 heteroatoms. The first-order valence-electron chi connectivity index (χ1n) is 6.32. The standard InChI is InChI=1S/C13H15N3O2S/c17-12-14-15-13(16(12)10-6-7-10)19-9-8-18-11-4-2-1-3-5-11/h1-5,10H,6-9H2,(H,14,17). The number of aromatic nitrogens is 3. The van der Waals surface area contributed by atoms with Gasteiger partial charge in [-0.15, -0.1) is 5.10 Å². The number of nitrogens with zero attached hydrogens (tertiary/aromatic N) is 2. The smallest absolute Gasteiger partial charge is 0.344 e. The van der Waals surface area contributed by atoms with Gasteiger partial charge in [-0.1, -0.05) is 30.0 Å². The number of hydrogen-bond donors (Lipinski definition) is 1. The first-order chi connectivity index (χ1) is 9.34. The van der Waals surface area contributed by atoms with Crippen molar-refractivity contribution in [3.05, 3.63) is 40.8 Å². The molecule has 0 radical (unpaired) electrons. The average Bonchev–Trinajstić information content (AvgIpc) is 3.20. The zero-order valence-electron chi connectivity index (χ0n) is 10.4. The van der Waals surface area contributed by atoms with E-state index in [1.807, 2.05) is 30.3 Å². The van der Waals surface area contributed by atoms with E-state index in [4.69, 9.17) is 4.74 Å². The fourth-order valence-electron chi connectivity index (χ4n) is 1.86. The first kappa shape index (κ1) is 12.3. The molecule has 1 N–H and O–H groups in total. The van der Waals surface area contributed by atoms with Crippen LogP contribution in [0, 0.1) is 0 Å². The van der Waals surface area contributed by atoms with Crippen molar-refractivity contribution in [2.75, 3.05) is 12.4 Å². The van der Waals surface area contributed by atoms with Crippen LogP contribution in [0.5, 0.6) is 5.75 Å². The molecule has 0 unspecified atom stereocenters. The van der Waals surface area contributed by atoms with Crippen molar-refractivity contribution < 1.29 is 4.74 Å². The van der Waals surface area contributed by atoms with Gasteiger partial charge < -0.3 is 4.74 Å². The van der Waals surface area contributed by atoms with Gasteiger partial charge in [0.1, 0.15) is 5.75 Å². The van der Waals surface area contributed by atoms with E-state index in [0.29, 0.717) is 12.6 Å². The molecule has 0 saturated heterocycles. The SMILES string of the molecule is O=c1[nH]nc(SCCOc2ccccc2)n1C1CC1. The average molecular weight is 277 g/mol. The monoisotopic (exact) mass is 277 g/mol. The predicted octanol–water partition coefficient (Wildman–Crippen LogP) is 2.08. The van der Waals surface area contributed by atoms with Crippen molar-refractivity contribution in [1.29, 1.82) is 0 Å². The topological polar surface area (TPSA) is 59.9 Å². The van der Waals surface area contributed by atoms with E-state index in [1.165, 1.54) is 0 Å². The van der Waals surface area contributed by atoms with Crippen LogP contribution in [-0.2, 0) is 0 Å². The Balaban J connectivity index is 1.51. The Hall–Kier alpha value is -1.69. The van der Waals surface area contributed by atoms with Gasteiger partial charge in [-0.2, -0.15) is 0 Å². The fourth-order valence-corrected chi connectivity index (χ4v) is 2.69. The van der Waals surface area contributed by atoms with Gasteiger partial charge in [0.05, 0.1) is 6.61 Å². The molecular weight excluding hydrogens is 262 g/mol. The predicted molar refractivity (Wildman–Crippen MR) is 73.8 cm³/mol. The molecule has 0 spiro atoms. The summed E-state index contributed by atoms with van der Waals surface area (Å²) >= 11 is 1.55. The Kier molecular flexibility index (Phi) is 3.59. The molecule has 0 atom stereocenters. The molecule has 1 heterocycles. The summed E-state index contributed by atoms with van der Waals surface area (Å²) in [6.45, 7) is 0.598. The lowest BCUT2D eigenvalue weighted by Crippen LogP contribution is -2.16. The molecule has 3 rings (SSSR count). The number of nitrogens with one attached hydrogen (secondary N) is 1. The van der Waals surface area contributed by atoms with Crippen LogP contribution in [0.15, 0.2) is 40.3 Å². The summed E-state index contributed by atoms with van der Waals surface area (Å²) < 4.78 is 7.36. The number of thioether (sulfide) groups is 1. The maximum Gasteiger partial charge on any atom is 0.344 e. The van der Waals surface area contributed by atoms with Crippen molar-refractivity contribution in [1.82, 2.24) is 14.8 Å². The van der Waals surface area contributed by atoms with Crippen molar-refractivity contribution in [3.8, 4) is 5.75 Å². The molecule has 5 nitrogen and oxygen atoms in total. The minimum atomic E-state index is -0.103. The molecule has 0 aliphatic heterocycles. The Labute approximate surface area is 115 Å². The molecule has 19 heavy (non-hydrogen) atoms. The quantitative estimate of drug-likeness (QED) is 0.648. The second-order valence-electron chi connectivity index (χ2n) is 4.42. The van der Waals surface area contributed by atoms with Crippen LogP contribution in [-0.4, -0.2) is 27.1 Å². The molecular formula is C13H15N3O2S. The zero-order chi connectivity index (χ0) is 13.1. The van der Waals surface area contributed by atoms with Gasteiger partial charge in [0.2, 0.25) is 0 Å². The lowest BCUT2D eigenvalue weighted by molar-refractivity contribution is 0.344. The van der Waals surface area contributed by atoms with Crippen LogP contribution in [0.4, 0.5) is 0 Å². The molecule has 1 saturated carbocycles. The van der Waals surface area contributed by atoms with Gasteiger partial charge in [0.15, 0.2) is 5.16 Å². The largest absolute Gasteiger partial charge is 0.493 e. The number of hydrogen-bond acceptors (Lipinski definition) is 4. The van der Waals surface area contributed by atoms with Crippen LogP contribution in [0.1, 0.15) is 18.9 Å². The van der Waals surface area contributed by atoms with E-state index < -0.39 is 0 Å². The molecule has 1 fully saturated rings. The Bertz CT molecular complexity index is 589. The van der Waals surface area contributed by atoms with Crippen molar-refractivity contribution in [2.45, 2.75) is 24.0 Å². The minimum Gasteiger partial charge on any atom is -0.493 e. The third-order valence-electron chi connectivity index (χ3n) is 2.91. The summed E-state index contributed by atoms with van der Waals surface area (Å²) in [6.07, 6.45) is 2.15. The van der Waals surface area contributed by atoms with E-state index in [1.54, 1.807) is 16.3 Å². The third kappa shape index (κ3) is 3.01. The van der Waals surface area contributed by atoms with Crippen molar-refractivity contribution >= 4 is 11.8 Å². The van der Waals surface area contributed by atoms with Crippen molar-refractivity contribution in [2.24, 2.45) is 0 Å². The van der Waals surface area contributed by atoms with Crippen LogP contribution in [0.2, 0.25) is 0 Å². The highest BCUT2D eigenvalue weighted by molar-refractivity contribution is 7.99. The molecule has 0 bridgehead atoms. The highest BCUT2D eigenvalue weighted by Gasteiger charge is 2.28. The molecule has 1 aliphatic rings. The summed E-state index contributed by atoms with van der Waals surface area (Å²) in [6, 6.07) is 10.1. The van der Waals surface area contributed by atoms with E-state index in [9.17, 15) is 4.79 Å². The van der Waals surface area contributed by atoms with Crippen LogP contribution < -0.4 is 10.4 Å². The maximum absolute atomic E-state index is 11.6. The lowest BCUT2D eigenvalue weighted by Gasteiger charge is -2.06. The fraction of sp³-hybridized carbons (Fsp3) is 0.385. The number of ether oxygens (including phenoxy) is 1. The van der Waals surface area contributed by atoms with Gasteiger partial charge in [0.25, 0.3) is 0 Å². The Morgan fingerprint density at radius 2 is 2.16 bits per heavy atom. The Morgan fingerprint density at radius 1 is 1.37 bits per heavy atom. The van der Waals surface area contributed by atoms with Crippen LogP contribution in [0.25, 0.3) is 0 Å². The van der Waals surface area contributed by atoms with Crippen molar-refractivity contribution in [3.63, 3.8) is 0 Å². The molecule has 2 aromatic rings. The highest BCUT2D eigenvalue weighted by atomic mass is 32.2. The number of aromatic amines is 1. The van der Waals surface area contributed by atoms with Gasteiger partial charge in [-0.25, -0.2) is 9.89 Å². The number of H-pyrrole nitrogens is 1. The first-order valence-corrected chi connectivity index (χ1v) is 7.31. The summed E-state index contributed by atoms with van der Waals surface area (Å²) in [5.41, 5.74) is -0.103. The third-order valence-corrected chi connectivity index (χ3v) is 3.83. The normalized spacial score (nSPS) is 14.5. The van der Waals surface area contributed by atoms with Gasteiger partial charge in [-0.05, 0) is 25.0 Å². The molecule has 0 amide bonds. The minimum absolute atomic E-state index is 0.103. The van der Waals surface area contributed by atoms with Gasteiger partial charge >= 0.3 is 5.69 Å². The van der Waals surface area contributed by atoms with Gasteiger partial charge in [-0.3, -0.25) is 4.57 Å². The summed E-state index contributed by atoms with van der Waals surface area (Å²) in [4.78, 5) is 11.6. The van der Waals surface area contributed by atoms with E-state index in [0.717, 1.165) is 29.5 Å². The zero-order valence-corrected chi connectivity index (χ0v) is 11.2. The number of benzene rings is 1. The van der Waals surface area contributed by atoms with Crippen LogP contribution in [0.3, 0.4) is 0 Å². The second kappa shape index (κ2) is 5.52. The second-order valence-corrected chi connectivity index (χ2v) is 5.48. The number of para-hydroxylation sites is 1. The molecule has 1 aromatic carbocycles. The summed E-state index contributed by atoms with van der Waals surface area (Å²) in [5.74, 6) is 1.64. The molecule has 100 valence electrons. The van der Waals surface area contributed by atoms with E-state index >= 15 is 0 Å². The molecule has 1 aliphatic carbocycles. The van der Waals surface area contributed by atoms with E-state index in [2.05, 4.69) is 10.2 Å². The van der Waals surface area contributed by atoms with Gasteiger partial charge in [0, 0.05) is 11.8 Å².